The van der Waals surface area contributed by atoms with Crippen molar-refractivity contribution in [2.75, 3.05) is 23.3 Å². The molecule has 2 aromatic heterocycles. The summed E-state index contributed by atoms with van der Waals surface area (Å²) in [6.45, 7) is 1.15. The molecule has 1 aliphatic rings. The van der Waals surface area contributed by atoms with Crippen molar-refractivity contribution in [3.05, 3.63) is 42.5 Å². The third kappa shape index (κ3) is 4.03. The highest BCUT2D eigenvalue weighted by atomic mass is 19.4. The van der Waals surface area contributed by atoms with E-state index in [-0.39, 0.29) is 17.6 Å². The molecule has 0 radical (unpaired) electrons. The number of nitrogens with one attached hydrogen (secondary N) is 1. The first-order valence-electron chi connectivity index (χ1n) is 7.24. The molecule has 5 nitrogen and oxygen atoms in total. The molecule has 1 unspecified atom stereocenters. The lowest BCUT2D eigenvalue weighted by atomic mass is 10.2. The lowest BCUT2D eigenvalue weighted by Gasteiger charge is -2.18. The van der Waals surface area contributed by atoms with Crippen molar-refractivity contribution >= 4 is 11.6 Å². The second-order valence-electron chi connectivity index (χ2n) is 5.31. The van der Waals surface area contributed by atoms with Crippen LogP contribution in [0.3, 0.4) is 0 Å². The van der Waals surface area contributed by atoms with Crippen molar-refractivity contribution in [3.63, 3.8) is 0 Å². The van der Waals surface area contributed by atoms with E-state index in [9.17, 15) is 17.6 Å². The van der Waals surface area contributed by atoms with Gasteiger partial charge in [0.25, 0.3) is 0 Å². The molecule has 0 spiro atoms. The number of anilines is 2. The second-order valence-corrected chi connectivity index (χ2v) is 5.31. The number of hydrogen-bond donors (Lipinski definition) is 1. The van der Waals surface area contributed by atoms with Gasteiger partial charge >= 0.3 is 6.36 Å². The van der Waals surface area contributed by atoms with Gasteiger partial charge in [-0.3, -0.25) is 0 Å². The fourth-order valence-corrected chi connectivity index (χ4v) is 2.55. The number of nitrogens with zero attached hydrogens (tertiary/aromatic N) is 3. The summed E-state index contributed by atoms with van der Waals surface area (Å²) >= 11 is 0. The highest BCUT2D eigenvalue weighted by molar-refractivity contribution is 5.44. The number of ether oxygens (including phenoxy) is 1. The van der Waals surface area contributed by atoms with E-state index in [4.69, 9.17) is 0 Å². The molecule has 1 atom stereocenters. The summed E-state index contributed by atoms with van der Waals surface area (Å²) in [7, 11) is 0. The van der Waals surface area contributed by atoms with Crippen molar-refractivity contribution < 1.29 is 22.3 Å². The van der Waals surface area contributed by atoms with Crippen molar-refractivity contribution in [1.82, 2.24) is 9.97 Å². The number of halogens is 4. The second kappa shape index (κ2) is 6.50. The Bertz CT molecular complexity index is 693. The molecule has 2 aromatic rings. The van der Waals surface area contributed by atoms with Gasteiger partial charge in [-0.25, -0.2) is 14.4 Å². The molecule has 9 heteroatoms. The minimum absolute atomic E-state index is 0.00621. The summed E-state index contributed by atoms with van der Waals surface area (Å²) in [5, 5.41) is 3.11. The van der Waals surface area contributed by atoms with Gasteiger partial charge in [0, 0.05) is 25.3 Å². The molecule has 0 amide bonds. The Labute approximate surface area is 135 Å². The van der Waals surface area contributed by atoms with Gasteiger partial charge in [0.1, 0.15) is 11.6 Å². The zero-order valence-corrected chi connectivity index (χ0v) is 12.4. The molecular weight excluding hydrogens is 328 g/mol. The maximum Gasteiger partial charge on any atom is 0.573 e. The Morgan fingerprint density at radius 3 is 2.71 bits per heavy atom. The highest BCUT2D eigenvalue weighted by Gasteiger charge is 2.31. The summed E-state index contributed by atoms with van der Waals surface area (Å²) in [4.78, 5) is 9.74. The lowest BCUT2D eigenvalue weighted by molar-refractivity contribution is -0.274. The zero-order chi connectivity index (χ0) is 17.2. The molecule has 1 saturated heterocycles. The molecule has 1 fully saturated rings. The van der Waals surface area contributed by atoms with Crippen LogP contribution in [0, 0.1) is 5.82 Å². The van der Waals surface area contributed by atoms with Crippen LogP contribution in [-0.4, -0.2) is 35.5 Å². The van der Waals surface area contributed by atoms with Crippen LogP contribution in [0.4, 0.5) is 29.2 Å². The van der Waals surface area contributed by atoms with Gasteiger partial charge in [-0.1, -0.05) is 0 Å². The van der Waals surface area contributed by atoms with E-state index < -0.39 is 6.36 Å². The summed E-state index contributed by atoms with van der Waals surface area (Å²) in [6, 6.07) is 5.47. The van der Waals surface area contributed by atoms with Gasteiger partial charge in [0.05, 0.1) is 6.20 Å². The Balaban J connectivity index is 1.59. The van der Waals surface area contributed by atoms with Crippen molar-refractivity contribution in [3.8, 4) is 5.75 Å². The molecule has 0 aliphatic carbocycles. The van der Waals surface area contributed by atoms with Crippen LogP contribution >= 0.6 is 0 Å². The summed E-state index contributed by atoms with van der Waals surface area (Å²) < 4.78 is 53.8. The Morgan fingerprint density at radius 2 is 2.04 bits per heavy atom. The quantitative estimate of drug-likeness (QED) is 0.865. The lowest BCUT2D eigenvalue weighted by Crippen LogP contribution is -2.27. The molecule has 1 aliphatic heterocycles. The van der Waals surface area contributed by atoms with E-state index in [0.717, 1.165) is 12.6 Å². The minimum atomic E-state index is -4.74. The van der Waals surface area contributed by atoms with Crippen LogP contribution in [0.2, 0.25) is 0 Å². The van der Waals surface area contributed by atoms with Crippen molar-refractivity contribution in [2.24, 2.45) is 0 Å². The Morgan fingerprint density at radius 1 is 1.21 bits per heavy atom. The highest BCUT2D eigenvalue weighted by Crippen LogP contribution is 2.25. The number of aromatic nitrogens is 2. The maximum atomic E-state index is 13.7. The van der Waals surface area contributed by atoms with E-state index in [0.29, 0.717) is 24.7 Å². The zero-order valence-electron chi connectivity index (χ0n) is 12.4. The summed E-state index contributed by atoms with van der Waals surface area (Å²) in [5.74, 6) is -0.0388. The number of alkyl halides is 3. The van der Waals surface area contributed by atoms with Crippen molar-refractivity contribution in [2.45, 2.75) is 18.8 Å². The first-order valence-corrected chi connectivity index (χ1v) is 7.24. The van der Waals surface area contributed by atoms with E-state index in [2.05, 4.69) is 20.0 Å². The molecule has 3 rings (SSSR count). The van der Waals surface area contributed by atoms with Crippen LogP contribution in [0.15, 0.2) is 36.7 Å². The maximum absolute atomic E-state index is 13.7. The average Bonchev–Trinajstić information content (AvgIpc) is 2.96. The predicted octanol–water partition coefficient (Wildman–Crippen LogP) is 3.21. The number of pyridine rings is 2. The molecule has 24 heavy (non-hydrogen) atoms. The van der Waals surface area contributed by atoms with E-state index in [1.54, 1.807) is 0 Å². The molecule has 3 heterocycles. The van der Waals surface area contributed by atoms with Crippen LogP contribution in [0.1, 0.15) is 6.42 Å². The van der Waals surface area contributed by atoms with Crippen LogP contribution in [0.25, 0.3) is 0 Å². The normalized spacial score (nSPS) is 17.8. The predicted molar refractivity (Wildman–Crippen MR) is 79.4 cm³/mol. The van der Waals surface area contributed by atoms with Crippen LogP contribution in [-0.2, 0) is 0 Å². The van der Waals surface area contributed by atoms with Gasteiger partial charge in [-0.05, 0) is 30.7 Å². The number of rotatable bonds is 4. The summed E-state index contributed by atoms with van der Waals surface area (Å²) in [5.41, 5.74) is 0. The fraction of sp³-hybridized carbons (Fsp3) is 0.333. The standard InChI is InChI=1S/C15H14F4N4O/c16-12-2-1-6-20-14(12)23-7-5-10(9-23)22-13-4-3-11(8-21-13)24-15(17,18)19/h1-4,6,8,10H,5,7,9H2,(H,21,22). The minimum Gasteiger partial charge on any atom is -0.404 e. The van der Waals surface area contributed by atoms with E-state index >= 15 is 0 Å². The molecule has 1 N–H and O–H groups in total. The largest absolute Gasteiger partial charge is 0.573 e. The monoisotopic (exact) mass is 342 g/mol. The molecule has 0 aromatic carbocycles. The molecule has 0 bridgehead atoms. The first-order chi connectivity index (χ1) is 11.4. The molecule has 0 saturated carbocycles. The average molecular weight is 342 g/mol. The topological polar surface area (TPSA) is 50.3 Å². The van der Waals surface area contributed by atoms with Gasteiger partial charge in [-0.15, -0.1) is 13.2 Å². The molecular formula is C15H14F4N4O. The number of hydrogen-bond acceptors (Lipinski definition) is 5. The van der Waals surface area contributed by atoms with E-state index in [1.165, 1.54) is 30.5 Å². The van der Waals surface area contributed by atoms with E-state index in [1.807, 2.05) is 4.90 Å². The van der Waals surface area contributed by atoms with Crippen LogP contribution < -0.4 is 15.0 Å². The Hall–Kier alpha value is -2.58. The third-order valence-corrected chi connectivity index (χ3v) is 3.55. The fourth-order valence-electron chi connectivity index (χ4n) is 2.55. The van der Waals surface area contributed by atoms with Crippen LogP contribution in [0.5, 0.6) is 5.75 Å². The molecule has 128 valence electrons. The SMILES string of the molecule is Fc1cccnc1N1CCC(Nc2ccc(OC(F)(F)F)cn2)C1. The van der Waals surface area contributed by atoms with Gasteiger partial charge in [0.2, 0.25) is 0 Å². The van der Waals surface area contributed by atoms with Gasteiger partial charge in [-0.2, -0.15) is 0 Å². The third-order valence-electron chi connectivity index (χ3n) is 3.55. The first kappa shape index (κ1) is 16.3. The van der Waals surface area contributed by atoms with Gasteiger partial charge < -0.3 is 15.0 Å². The Kier molecular flexibility index (Phi) is 4.41. The van der Waals surface area contributed by atoms with Gasteiger partial charge in [0.15, 0.2) is 11.6 Å². The smallest absolute Gasteiger partial charge is 0.404 e. The summed E-state index contributed by atoms with van der Waals surface area (Å²) in [6.07, 6.45) is -1.48. The van der Waals surface area contributed by atoms with Crippen molar-refractivity contribution in [1.29, 1.82) is 0 Å².